The van der Waals surface area contributed by atoms with Gasteiger partial charge < -0.3 is 4.89 Å². The van der Waals surface area contributed by atoms with E-state index < -0.39 is 8.03 Å². The van der Waals surface area contributed by atoms with Crippen LogP contribution in [0.1, 0.15) is 11.1 Å². The maximum absolute atomic E-state index is 10.7. The molecule has 2 rings (SSSR count). The number of rotatable bonds is 1. The van der Waals surface area contributed by atoms with Crippen LogP contribution < -0.4 is 4.89 Å². The first-order valence-electron chi connectivity index (χ1n) is 3.97. The Balaban J connectivity index is 2.27. The lowest BCUT2D eigenvalue weighted by molar-refractivity contribution is -0.166. The summed E-state index contributed by atoms with van der Waals surface area (Å²) in [6.07, 6.45) is 1.41. The standard InChI is InChI=1S/C9H9O2P/c10-12(11)9-5-7-3-1-2-4-8(7)6-9/h1-4,9H,5-6H2. The van der Waals surface area contributed by atoms with Gasteiger partial charge in [-0.3, -0.25) is 0 Å². The second-order valence-corrected chi connectivity index (χ2v) is 4.42. The van der Waals surface area contributed by atoms with Crippen molar-refractivity contribution in [3.8, 4) is 0 Å². The molecule has 1 aliphatic rings. The van der Waals surface area contributed by atoms with Crippen LogP contribution in [0.2, 0.25) is 0 Å². The highest BCUT2D eigenvalue weighted by atomic mass is 31.1. The van der Waals surface area contributed by atoms with Crippen molar-refractivity contribution in [1.82, 2.24) is 0 Å². The monoisotopic (exact) mass is 180 g/mol. The summed E-state index contributed by atoms with van der Waals surface area (Å²) in [5.74, 6) is 0. The van der Waals surface area contributed by atoms with Gasteiger partial charge in [0.2, 0.25) is 0 Å². The maximum Gasteiger partial charge on any atom is 0.312 e. The molecule has 2 nitrogen and oxygen atoms in total. The largest absolute Gasteiger partial charge is 0.595 e. The Hall–Kier alpha value is -0.720. The Bertz CT molecular complexity index is 297. The van der Waals surface area contributed by atoms with Crippen LogP contribution in [0.4, 0.5) is 0 Å². The van der Waals surface area contributed by atoms with Crippen LogP contribution in [0.15, 0.2) is 24.3 Å². The molecule has 0 bridgehead atoms. The fraction of sp³-hybridized carbons (Fsp3) is 0.333. The molecule has 1 aromatic rings. The smallest absolute Gasteiger partial charge is 0.312 e. The van der Waals surface area contributed by atoms with E-state index in [9.17, 15) is 9.46 Å². The minimum atomic E-state index is -2.25. The zero-order chi connectivity index (χ0) is 8.55. The van der Waals surface area contributed by atoms with Crippen molar-refractivity contribution in [3.05, 3.63) is 35.4 Å². The van der Waals surface area contributed by atoms with Crippen molar-refractivity contribution in [2.24, 2.45) is 0 Å². The molecule has 62 valence electrons. The molecule has 1 aliphatic carbocycles. The predicted molar refractivity (Wildman–Crippen MR) is 45.2 cm³/mol. The highest BCUT2D eigenvalue weighted by molar-refractivity contribution is 7.37. The second kappa shape index (κ2) is 2.96. The molecule has 12 heavy (non-hydrogen) atoms. The van der Waals surface area contributed by atoms with Crippen molar-refractivity contribution >= 4 is 8.03 Å². The molecule has 0 amide bonds. The fourth-order valence-corrected chi connectivity index (χ4v) is 2.38. The minimum Gasteiger partial charge on any atom is -0.595 e. The van der Waals surface area contributed by atoms with E-state index in [4.69, 9.17) is 0 Å². The van der Waals surface area contributed by atoms with E-state index in [1.165, 1.54) is 11.1 Å². The molecule has 0 saturated carbocycles. The Kier molecular flexibility index (Phi) is 1.95. The normalized spacial score (nSPS) is 17.6. The lowest BCUT2D eigenvalue weighted by Gasteiger charge is -1.94. The lowest BCUT2D eigenvalue weighted by atomic mass is 10.1. The molecule has 0 radical (unpaired) electrons. The zero-order valence-electron chi connectivity index (χ0n) is 6.56. The summed E-state index contributed by atoms with van der Waals surface area (Å²) in [6, 6.07) is 7.93. The topological polar surface area (TPSA) is 40.1 Å². The van der Waals surface area contributed by atoms with E-state index in [0.29, 0.717) is 12.8 Å². The predicted octanol–water partition coefficient (Wildman–Crippen LogP) is 1.26. The first-order chi connectivity index (χ1) is 5.77. The highest BCUT2D eigenvalue weighted by Gasteiger charge is 2.29. The maximum atomic E-state index is 10.7. The quantitative estimate of drug-likeness (QED) is 0.610. The van der Waals surface area contributed by atoms with E-state index in [0.717, 1.165) is 0 Å². The van der Waals surface area contributed by atoms with E-state index in [-0.39, 0.29) is 5.66 Å². The van der Waals surface area contributed by atoms with Crippen LogP contribution in [-0.4, -0.2) is 5.66 Å². The van der Waals surface area contributed by atoms with Gasteiger partial charge in [0.25, 0.3) is 0 Å². The van der Waals surface area contributed by atoms with E-state index in [1.807, 2.05) is 24.3 Å². The van der Waals surface area contributed by atoms with Crippen LogP contribution >= 0.6 is 8.03 Å². The molecule has 0 N–H and O–H groups in total. The van der Waals surface area contributed by atoms with E-state index in [2.05, 4.69) is 0 Å². The Morgan fingerprint density at radius 1 is 1.25 bits per heavy atom. The van der Waals surface area contributed by atoms with Gasteiger partial charge in [-0.15, -0.1) is 0 Å². The molecule has 3 heteroatoms. The molecule has 1 aromatic carbocycles. The number of fused-ring (bicyclic) bond motifs is 1. The molecular weight excluding hydrogens is 171 g/mol. The lowest BCUT2D eigenvalue weighted by Crippen LogP contribution is -2.07. The van der Waals surface area contributed by atoms with Crippen molar-refractivity contribution in [1.29, 1.82) is 0 Å². The van der Waals surface area contributed by atoms with Crippen LogP contribution in [0.3, 0.4) is 0 Å². The molecule has 0 fully saturated rings. The molecule has 1 unspecified atom stereocenters. The summed E-state index contributed by atoms with van der Waals surface area (Å²) in [5, 5.41) is 0. The number of benzene rings is 1. The van der Waals surface area contributed by atoms with Gasteiger partial charge in [0, 0.05) is 12.8 Å². The molecule has 0 aliphatic heterocycles. The van der Waals surface area contributed by atoms with Gasteiger partial charge >= 0.3 is 8.03 Å². The third-order valence-corrected chi connectivity index (χ3v) is 3.29. The summed E-state index contributed by atoms with van der Waals surface area (Å²) in [6.45, 7) is 0. The third kappa shape index (κ3) is 1.28. The number of hydrogen-bond donors (Lipinski definition) is 0. The SMILES string of the molecule is O=[P+]([O-])C1Cc2ccccc2C1. The van der Waals surface area contributed by atoms with Crippen LogP contribution in [0.25, 0.3) is 0 Å². The van der Waals surface area contributed by atoms with Crippen molar-refractivity contribution < 1.29 is 9.46 Å². The Labute approximate surface area is 72.1 Å². The molecule has 0 spiro atoms. The molecule has 0 aromatic heterocycles. The van der Waals surface area contributed by atoms with Gasteiger partial charge in [-0.05, 0) is 11.1 Å². The van der Waals surface area contributed by atoms with Crippen molar-refractivity contribution in [2.75, 3.05) is 0 Å². The molecular formula is C9H9O2P. The minimum absolute atomic E-state index is 0.155. The first kappa shape index (κ1) is 7.90. The second-order valence-electron chi connectivity index (χ2n) is 3.12. The van der Waals surface area contributed by atoms with Crippen molar-refractivity contribution in [3.63, 3.8) is 0 Å². The highest BCUT2D eigenvalue weighted by Crippen LogP contribution is 2.33. The fourth-order valence-electron chi connectivity index (χ4n) is 1.68. The number of hydrogen-bond acceptors (Lipinski definition) is 2. The van der Waals surface area contributed by atoms with Gasteiger partial charge in [-0.25, -0.2) is 0 Å². The van der Waals surface area contributed by atoms with Crippen molar-refractivity contribution in [2.45, 2.75) is 18.5 Å². The summed E-state index contributed by atoms with van der Waals surface area (Å²) >= 11 is 0. The average molecular weight is 180 g/mol. The Morgan fingerprint density at radius 2 is 1.75 bits per heavy atom. The van der Waals surface area contributed by atoms with Gasteiger partial charge in [-0.1, -0.05) is 28.8 Å². The molecule has 1 atom stereocenters. The third-order valence-electron chi connectivity index (χ3n) is 2.33. The van der Waals surface area contributed by atoms with Crippen LogP contribution in [0, 0.1) is 0 Å². The summed E-state index contributed by atoms with van der Waals surface area (Å²) < 4.78 is 10.7. The van der Waals surface area contributed by atoms with Gasteiger partial charge in [0.1, 0.15) is 0 Å². The van der Waals surface area contributed by atoms with E-state index >= 15 is 0 Å². The van der Waals surface area contributed by atoms with Crippen LogP contribution in [-0.2, 0) is 17.4 Å². The van der Waals surface area contributed by atoms with Gasteiger partial charge in [-0.2, -0.15) is 0 Å². The zero-order valence-corrected chi connectivity index (χ0v) is 7.46. The van der Waals surface area contributed by atoms with Crippen LogP contribution in [0.5, 0.6) is 0 Å². The first-order valence-corrected chi connectivity index (χ1v) is 5.22. The van der Waals surface area contributed by atoms with Gasteiger partial charge in [0.05, 0.1) is 0 Å². The Morgan fingerprint density at radius 3 is 2.17 bits per heavy atom. The summed E-state index contributed by atoms with van der Waals surface area (Å²) in [4.78, 5) is 10.7. The molecule has 0 heterocycles. The molecule has 0 saturated heterocycles. The van der Waals surface area contributed by atoms with E-state index in [1.54, 1.807) is 0 Å². The average Bonchev–Trinajstić information content (AvgIpc) is 2.46. The van der Waals surface area contributed by atoms with Gasteiger partial charge in [0.15, 0.2) is 5.66 Å². The summed E-state index contributed by atoms with van der Waals surface area (Å²) in [7, 11) is -2.25. The summed E-state index contributed by atoms with van der Waals surface area (Å²) in [5.41, 5.74) is 2.24.